The van der Waals surface area contributed by atoms with Crippen molar-refractivity contribution in [1.82, 2.24) is 0 Å². The third-order valence-electron chi connectivity index (χ3n) is 2.44. The van der Waals surface area contributed by atoms with E-state index in [1.165, 1.54) is 30.3 Å². The molecule has 0 saturated carbocycles. The third kappa shape index (κ3) is 3.30. The van der Waals surface area contributed by atoms with Gasteiger partial charge in [-0.05, 0) is 29.8 Å². The minimum atomic E-state index is -0.632. The average molecular weight is 279 g/mol. The summed E-state index contributed by atoms with van der Waals surface area (Å²) in [5.74, 6) is -1.47. The summed E-state index contributed by atoms with van der Waals surface area (Å²) in [5, 5.41) is 8.70. The third-order valence-corrected chi connectivity index (χ3v) is 3.56. The molecule has 2 rings (SSSR count). The van der Waals surface area contributed by atoms with Gasteiger partial charge in [0.15, 0.2) is 0 Å². The SMILES string of the molecule is N#Cc1cc(CSc2ccc(F)cc2F)ccc1F. The molecule has 1 nitrogen and oxygen atoms in total. The van der Waals surface area contributed by atoms with Gasteiger partial charge in [0, 0.05) is 16.7 Å². The van der Waals surface area contributed by atoms with Crippen LogP contribution in [-0.2, 0) is 5.75 Å². The quantitative estimate of drug-likeness (QED) is 0.783. The van der Waals surface area contributed by atoms with Crippen LogP contribution in [0.2, 0.25) is 0 Å². The minimum absolute atomic E-state index is 0.0438. The maximum absolute atomic E-state index is 13.4. The smallest absolute Gasteiger partial charge is 0.140 e. The zero-order chi connectivity index (χ0) is 13.8. The minimum Gasteiger partial charge on any atom is -0.207 e. The summed E-state index contributed by atoms with van der Waals surface area (Å²) in [4.78, 5) is 0.309. The standard InChI is InChI=1S/C14H8F3NS/c15-11-2-4-14(13(17)6-11)19-8-9-1-3-12(16)10(5-9)7-18/h1-6H,8H2. The normalized spacial score (nSPS) is 10.2. The van der Waals surface area contributed by atoms with Crippen LogP contribution < -0.4 is 0 Å². The predicted octanol–water partition coefficient (Wildman–Crippen LogP) is 4.27. The summed E-state index contributed by atoms with van der Waals surface area (Å²) < 4.78 is 39.2. The van der Waals surface area contributed by atoms with E-state index in [-0.39, 0.29) is 5.56 Å². The summed E-state index contributed by atoms with van der Waals surface area (Å²) in [5.41, 5.74) is 0.657. The molecule has 2 aromatic rings. The Morgan fingerprint density at radius 2 is 1.79 bits per heavy atom. The lowest BCUT2D eigenvalue weighted by atomic mass is 10.1. The fourth-order valence-electron chi connectivity index (χ4n) is 1.50. The van der Waals surface area contributed by atoms with Gasteiger partial charge < -0.3 is 0 Å². The highest BCUT2D eigenvalue weighted by atomic mass is 32.2. The highest BCUT2D eigenvalue weighted by Gasteiger charge is 2.07. The van der Waals surface area contributed by atoms with E-state index in [9.17, 15) is 13.2 Å². The summed E-state index contributed by atoms with van der Waals surface area (Å²) in [7, 11) is 0. The number of nitrogens with zero attached hydrogens (tertiary/aromatic N) is 1. The molecule has 0 spiro atoms. The van der Waals surface area contributed by atoms with Gasteiger partial charge in [-0.15, -0.1) is 11.8 Å². The molecule has 0 aromatic heterocycles. The maximum Gasteiger partial charge on any atom is 0.140 e. The number of benzene rings is 2. The second kappa shape index (κ2) is 5.81. The molecule has 0 aliphatic carbocycles. The molecule has 0 aliphatic rings. The Kier molecular flexibility index (Phi) is 4.13. The van der Waals surface area contributed by atoms with E-state index >= 15 is 0 Å². The van der Waals surface area contributed by atoms with Crippen LogP contribution in [0.4, 0.5) is 13.2 Å². The second-order valence-electron chi connectivity index (χ2n) is 3.79. The van der Waals surface area contributed by atoms with E-state index in [0.29, 0.717) is 16.2 Å². The molecule has 0 amide bonds. The van der Waals surface area contributed by atoms with Crippen molar-refractivity contribution in [2.45, 2.75) is 10.6 Å². The lowest BCUT2D eigenvalue weighted by Crippen LogP contribution is -1.89. The topological polar surface area (TPSA) is 23.8 Å². The largest absolute Gasteiger partial charge is 0.207 e. The van der Waals surface area contributed by atoms with E-state index in [1.807, 2.05) is 0 Å². The van der Waals surface area contributed by atoms with Gasteiger partial charge in [-0.3, -0.25) is 0 Å². The molecule has 0 radical (unpaired) electrons. The summed E-state index contributed by atoms with van der Waals surface area (Å²) >= 11 is 1.16. The Morgan fingerprint density at radius 1 is 1.00 bits per heavy atom. The molecule has 0 fully saturated rings. The monoisotopic (exact) mass is 279 g/mol. The summed E-state index contributed by atoms with van der Waals surface area (Å²) in [6, 6.07) is 9.24. The van der Waals surface area contributed by atoms with Crippen LogP contribution >= 0.6 is 11.8 Å². The number of rotatable bonds is 3. The van der Waals surface area contributed by atoms with Gasteiger partial charge in [0.1, 0.15) is 23.5 Å². The first-order valence-corrected chi connectivity index (χ1v) is 6.35. The lowest BCUT2D eigenvalue weighted by molar-refractivity contribution is 0.565. The summed E-state index contributed by atoms with van der Waals surface area (Å²) in [6.45, 7) is 0. The Balaban J connectivity index is 2.13. The molecule has 2 aromatic carbocycles. The van der Waals surface area contributed by atoms with Gasteiger partial charge in [-0.25, -0.2) is 13.2 Å². The molecular formula is C14H8F3NS. The van der Waals surface area contributed by atoms with Crippen LogP contribution in [-0.4, -0.2) is 0 Å². The zero-order valence-corrected chi connectivity index (χ0v) is 10.5. The van der Waals surface area contributed by atoms with Gasteiger partial charge in [-0.1, -0.05) is 6.07 Å². The molecule has 19 heavy (non-hydrogen) atoms. The number of halogens is 3. The highest BCUT2D eigenvalue weighted by molar-refractivity contribution is 7.98. The molecular weight excluding hydrogens is 271 g/mol. The maximum atomic E-state index is 13.4. The molecule has 5 heteroatoms. The van der Waals surface area contributed by atoms with E-state index in [2.05, 4.69) is 0 Å². The van der Waals surface area contributed by atoms with Gasteiger partial charge in [0.05, 0.1) is 5.56 Å². The van der Waals surface area contributed by atoms with Gasteiger partial charge in [0.25, 0.3) is 0 Å². The van der Waals surface area contributed by atoms with E-state index in [0.717, 1.165) is 17.8 Å². The van der Waals surface area contributed by atoms with Crippen molar-refractivity contribution in [3.63, 3.8) is 0 Å². The van der Waals surface area contributed by atoms with E-state index in [1.54, 1.807) is 6.07 Å². The molecule has 0 unspecified atom stereocenters. The van der Waals surface area contributed by atoms with Crippen molar-refractivity contribution in [1.29, 1.82) is 5.26 Å². The Morgan fingerprint density at radius 3 is 2.47 bits per heavy atom. The molecule has 0 aliphatic heterocycles. The van der Waals surface area contributed by atoms with Crippen molar-refractivity contribution in [3.05, 3.63) is 65.0 Å². The van der Waals surface area contributed by atoms with Crippen LogP contribution in [0.3, 0.4) is 0 Å². The number of hydrogen-bond acceptors (Lipinski definition) is 2. The lowest BCUT2D eigenvalue weighted by Gasteiger charge is -2.04. The van der Waals surface area contributed by atoms with Crippen molar-refractivity contribution >= 4 is 11.8 Å². The fraction of sp³-hybridized carbons (Fsp3) is 0.0714. The second-order valence-corrected chi connectivity index (χ2v) is 4.81. The molecule has 0 atom stereocenters. The van der Waals surface area contributed by atoms with Crippen LogP contribution in [0.25, 0.3) is 0 Å². The molecule has 0 saturated heterocycles. The van der Waals surface area contributed by atoms with E-state index in [4.69, 9.17) is 5.26 Å². The predicted molar refractivity (Wildman–Crippen MR) is 67.0 cm³/mol. The van der Waals surface area contributed by atoms with Crippen LogP contribution in [0.5, 0.6) is 0 Å². The average Bonchev–Trinajstić information content (AvgIpc) is 2.39. The van der Waals surface area contributed by atoms with Gasteiger partial charge >= 0.3 is 0 Å². The van der Waals surface area contributed by atoms with Crippen molar-refractivity contribution in [2.75, 3.05) is 0 Å². The van der Waals surface area contributed by atoms with E-state index < -0.39 is 17.5 Å². The Bertz CT molecular complexity index is 650. The highest BCUT2D eigenvalue weighted by Crippen LogP contribution is 2.26. The van der Waals surface area contributed by atoms with Crippen LogP contribution in [0.15, 0.2) is 41.3 Å². The number of hydrogen-bond donors (Lipinski definition) is 0. The Labute approximate surface area is 112 Å². The fourth-order valence-corrected chi connectivity index (χ4v) is 2.36. The van der Waals surface area contributed by atoms with Crippen molar-refractivity contribution < 1.29 is 13.2 Å². The molecule has 96 valence electrons. The van der Waals surface area contributed by atoms with Crippen molar-refractivity contribution in [3.8, 4) is 6.07 Å². The van der Waals surface area contributed by atoms with Crippen molar-refractivity contribution in [2.24, 2.45) is 0 Å². The number of thioether (sulfide) groups is 1. The van der Waals surface area contributed by atoms with Crippen LogP contribution in [0.1, 0.15) is 11.1 Å². The number of nitriles is 1. The molecule has 0 bridgehead atoms. The first-order valence-electron chi connectivity index (χ1n) is 5.36. The zero-order valence-electron chi connectivity index (χ0n) is 9.66. The first kappa shape index (κ1) is 13.5. The van der Waals surface area contributed by atoms with Gasteiger partial charge in [0.2, 0.25) is 0 Å². The van der Waals surface area contributed by atoms with Gasteiger partial charge in [-0.2, -0.15) is 5.26 Å². The molecule has 0 heterocycles. The first-order chi connectivity index (χ1) is 9.10. The summed E-state index contributed by atoms with van der Waals surface area (Å²) in [6.07, 6.45) is 0. The molecule has 0 N–H and O–H groups in total. The van der Waals surface area contributed by atoms with Crippen LogP contribution in [0, 0.1) is 28.8 Å². The Hall–Kier alpha value is -1.93.